The summed E-state index contributed by atoms with van der Waals surface area (Å²) in [5.41, 5.74) is 0. The van der Waals surface area contributed by atoms with Crippen LogP contribution in [0.2, 0.25) is 0 Å². The van der Waals surface area contributed by atoms with E-state index in [0.717, 1.165) is 11.8 Å². The average molecular weight is 188 g/mol. The Morgan fingerprint density at radius 1 is 1.58 bits per heavy atom. The summed E-state index contributed by atoms with van der Waals surface area (Å²) >= 11 is 2.14. The van der Waals surface area contributed by atoms with Crippen LogP contribution in [0.15, 0.2) is 0 Å². The SMILES string of the molecule is CCC1CN(CCNC)CCS1. The smallest absolute Gasteiger partial charge is 0.0172 e. The topological polar surface area (TPSA) is 15.3 Å². The zero-order chi connectivity index (χ0) is 8.81. The number of nitrogens with one attached hydrogen (secondary N) is 1. The lowest BCUT2D eigenvalue weighted by molar-refractivity contribution is 0.283. The summed E-state index contributed by atoms with van der Waals surface area (Å²) in [6, 6.07) is 0. The first kappa shape index (κ1) is 10.4. The van der Waals surface area contributed by atoms with Gasteiger partial charge in [-0.25, -0.2) is 0 Å². The van der Waals surface area contributed by atoms with E-state index < -0.39 is 0 Å². The molecule has 12 heavy (non-hydrogen) atoms. The van der Waals surface area contributed by atoms with Crippen LogP contribution >= 0.6 is 11.8 Å². The first-order chi connectivity index (χ1) is 5.86. The molecule has 2 nitrogen and oxygen atoms in total. The summed E-state index contributed by atoms with van der Waals surface area (Å²) in [4.78, 5) is 2.57. The van der Waals surface area contributed by atoms with Gasteiger partial charge in [0.1, 0.15) is 0 Å². The largest absolute Gasteiger partial charge is 0.318 e. The Morgan fingerprint density at radius 2 is 2.42 bits per heavy atom. The predicted molar refractivity (Wildman–Crippen MR) is 56.9 cm³/mol. The first-order valence-corrected chi connectivity index (χ1v) is 5.90. The molecule has 72 valence electrons. The van der Waals surface area contributed by atoms with E-state index in [9.17, 15) is 0 Å². The number of thioether (sulfide) groups is 1. The maximum absolute atomic E-state index is 3.20. The van der Waals surface area contributed by atoms with Crippen molar-refractivity contribution < 1.29 is 0 Å². The summed E-state index contributed by atoms with van der Waals surface area (Å²) < 4.78 is 0. The van der Waals surface area contributed by atoms with E-state index in [2.05, 4.69) is 28.9 Å². The highest BCUT2D eigenvalue weighted by atomic mass is 32.2. The standard InChI is InChI=1S/C9H20N2S/c1-3-9-8-11(5-4-10-2)6-7-12-9/h9-10H,3-8H2,1-2H3. The lowest BCUT2D eigenvalue weighted by Crippen LogP contribution is -2.40. The van der Waals surface area contributed by atoms with Crippen LogP contribution in [-0.4, -0.2) is 49.1 Å². The molecular weight excluding hydrogens is 168 g/mol. The maximum Gasteiger partial charge on any atom is 0.0172 e. The Hall–Kier alpha value is 0.270. The summed E-state index contributed by atoms with van der Waals surface area (Å²) in [5, 5.41) is 4.08. The van der Waals surface area contributed by atoms with Crippen LogP contribution in [0.25, 0.3) is 0 Å². The minimum Gasteiger partial charge on any atom is -0.318 e. The molecule has 1 unspecified atom stereocenters. The van der Waals surface area contributed by atoms with E-state index in [1.54, 1.807) is 0 Å². The van der Waals surface area contributed by atoms with Crippen molar-refractivity contribution >= 4 is 11.8 Å². The van der Waals surface area contributed by atoms with Gasteiger partial charge in [-0.2, -0.15) is 11.8 Å². The molecule has 1 aliphatic rings. The fourth-order valence-electron chi connectivity index (χ4n) is 1.50. The van der Waals surface area contributed by atoms with Gasteiger partial charge in [0.25, 0.3) is 0 Å². The molecule has 1 saturated heterocycles. The number of nitrogens with zero attached hydrogens (tertiary/aromatic N) is 1. The van der Waals surface area contributed by atoms with Gasteiger partial charge in [0.15, 0.2) is 0 Å². The predicted octanol–water partition coefficient (Wildman–Crippen LogP) is 1.03. The van der Waals surface area contributed by atoms with Crippen LogP contribution < -0.4 is 5.32 Å². The molecule has 0 saturated carbocycles. The van der Waals surface area contributed by atoms with Crippen molar-refractivity contribution in [3.05, 3.63) is 0 Å². The highest BCUT2D eigenvalue weighted by molar-refractivity contribution is 8.00. The van der Waals surface area contributed by atoms with Crippen LogP contribution in [-0.2, 0) is 0 Å². The third-order valence-corrected chi connectivity index (χ3v) is 3.73. The molecule has 0 aromatic heterocycles. The Kier molecular flexibility index (Phi) is 5.04. The summed E-state index contributed by atoms with van der Waals surface area (Å²) in [6.45, 7) is 7.21. The highest BCUT2D eigenvalue weighted by Crippen LogP contribution is 2.20. The molecule has 1 N–H and O–H groups in total. The molecule has 0 amide bonds. The molecule has 0 spiro atoms. The van der Waals surface area contributed by atoms with E-state index in [0.29, 0.717) is 0 Å². The van der Waals surface area contributed by atoms with Gasteiger partial charge in [-0.05, 0) is 13.5 Å². The van der Waals surface area contributed by atoms with Crippen molar-refractivity contribution in [1.29, 1.82) is 0 Å². The molecule has 1 rings (SSSR count). The molecule has 1 aliphatic heterocycles. The molecule has 0 aromatic carbocycles. The molecule has 1 fully saturated rings. The van der Waals surface area contributed by atoms with Crippen LogP contribution in [0.1, 0.15) is 13.3 Å². The third kappa shape index (κ3) is 3.33. The van der Waals surface area contributed by atoms with Gasteiger partial charge in [0.05, 0.1) is 0 Å². The van der Waals surface area contributed by atoms with Gasteiger partial charge in [-0.1, -0.05) is 6.92 Å². The van der Waals surface area contributed by atoms with Crippen molar-refractivity contribution in [1.82, 2.24) is 10.2 Å². The Bertz CT molecular complexity index is 119. The molecule has 1 heterocycles. The average Bonchev–Trinajstić information content (AvgIpc) is 2.15. The van der Waals surface area contributed by atoms with Gasteiger partial charge >= 0.3 is 0 Å². The number of hydrogen-bond acceptors (Lipinski definition) is 3. The van der Waals surface area contributed by atoms with Gasteiger partial charge in [0, 0.05) is 37.2 Å². The van der Waals surface area contributed by atoms with Crippen molar-refractivity contribution in [3.8, 4) is 0 Å². The van der Waals surface area contributed by atoms with Gasteiger partial charge in [-0.15, -0.1) is 0 Å². The van der Waals surface area contributed by atoms with E-state index >= 15 is 0 Å². The summed E-state index contributed by atoms with van der Waals surface area (Å²) in [5.74, 6) is 1.32. The molecule has 0 aromatic rings. The van der Waals surface area contributed by atoms with Crippen LogP contribution in [0.5, 0.6) is 0 Å². The lowest BCUT2D eigenvalue weighted by Gasteiger charge is -2.31. The highest BCUT2D eigenvalue weighted by Gasteiger charge is 2.17. The second-order valence-corrected chi connectivity index (χ2v) is 4.71. The van der Waals surface area contributed by atoms with Crippen molar-refractivity contribution in [3.63, 3.8) is 0 Å². The molecular formula is C9H20N2S. The normalized spacial score (nSPS) is 26.0. The minimum absolute atomic E-state index is 0.885. The molecule has 0 aliphatic carbocycles. The second-order valence-electron chi connectivity index (χ2n) is 3.31. The quantitative estimate of drug-likeness (QED) is 0.709. The Balaban J connectivity index is 2.16. The fourth-order valence-corrected chi connectivity index (χ4v) is 2.75. The van der Waals surface area contributed by atoms with Crippen molar-refractivity contribution in [2.45, 2.75) is 18.6 Å². The van der Waals surface area contributed by atoms with E-state index in [4.69, 9.17) is 0 Å². The maximum atomic E-state index is 3.20. The molecule has 0 radical (unpaired) electrons. The van der Waals surface area contributed by atoms with Gasteiger partial charge in [-0.3, -0.25) is 0 Å². The van der Waals surface area contributed by atoms with Crippen LogP contribution in [0.3, 0.4) is 0 Å². The van der Waals surface area contributed by atoms with Crippen molar-refractivity contribution in [2.75, 3.05) is 39.0 Å². The Labute approximate surface area is 80.1 Å². The number of hydrogen-bond donors (Lipinski definition) is 1. The van der Waals surface area contributed by atoms with E-state index in [-0.39, 0.29) is 0 Å². The number of likely N-dealkylation sites (N-methyl/N-ethyl adjacent to an activating group) is 1. The lowest BCUT2D eigenvalue weighted by atomic mass is 10.3. The molecule has 3 heteroatoms. The monoisotopic (exact) mass is 188 g/mol. The Morgan fingerprint density at radius 3 is 3.08 bits per heavy atom. The van der Waals surface area contributed by atoms with E-state index in [1.165, 1.54) is 31.8 Å². The zero-order valence-electron chi connectivity index (χ0n) is 8.18. The fraction of sp³-hybridized carbons (Fsp3) is 1.00. The summed E-state index contributed by atoms with van der Waals surface area (Å²) in [6.07, 6.45) is 1.32. The molecule has 1 atom stereocenters. The van der Waals surface area contributed by atoms with Crippen LogP contribution in [0.4, 0.5) is 0 Å². The van der Waals surface area contributed by atoms with Gasteiger partial charge < -0.3 is 10.2 Å². The first-order valence-electron chi connectivity index (χ1n) is 4.85. The minimum atomic E-state index is 0.885. The van der Waals surface area contributed by atoms with Crippen LogP contribution in [0, 0.1) is 0 Å². The second kappa shape index (κ2) is 5.84. The number of rotatable bonds is 4. The van der Waals surface area contributed by atoms with Crippen molar-refractivity contribution in [2.24, 2.45) is 0 Å². The zero-order valence-corrected chi connectivity index (χ0v) is 8.99. The molecule has 0 bridgehead atoms. The van der Waals surface area contributed by atoms with E-state index in [1.807, 2.05) is 7.05 Å². The van der Waals surface area contributed by atoms with Gasteiger partial charge in [0.2, 0.25) is 0 Å². The summed E-state index contributed by atoms with van der Waals surface area (Å²) in [7, 11) is 2.02. The third-order valence-electron chi connectivity index (χ3n) is 2.36.